The number of rotatable bonds is 6. The zero-order valence-corrected chi connectivity index (χ0v) is 12.3. The molecule has 23 heavy (non-hydrogen) atoms. The fourth-order valence-corrected chi connectivity index (χ4v) is 1.79. The van der Waals surface area contributed by atoms with Crippen LogP contribution in [0.25, 0.3) is 6.08 Å². The van der Waals surface area contributed by atoms with Gasteiger partial charge in [-0.05, 0) is 48.0 Å². The molecule has 0 atom stereocenters. The number of alkyl halides is 2. The van der Waals surface area contributed by atoms with Crippen molar-refractivity contribution >= 4 is 17.7 Å². The maximum atomic E-state index is 12.0. The molecule has 0 aliphatic heterocycles. The first kappa shape index (κ1) is 16.5. The zero-order chi connectivity index (χ0) is 16.7. The summed E-state index contributed by atoms with van der Waals surface area (Å²) < 4.78 is 33.3. The summed E-state index contributed by atoms with van der Waals surface area (Å²) in [5.41, 5.74) is 1.33. The Kier molecular flexibility index (Phi) is 5.68. The molecule has 1 amide bonds. The highest BCUT2D eigenvalue weighted by atomic mass is 19.3. The van der Waals surface area contributed by atoms with Crippen molar-refractivity contribution in [3.63, 3.8) is 0 Å². The Morgan fingerprint density at radius 2 is 1.65 bits per heavy atom. The lowest BCUT2D eigenvalue weighted by atomic mass is 10.2. The molecule has 0 saturated heterocycles. The summed E-state index contributed by atoms with van der Waals surface area (Å²) in [6.45, 7) is -2.87. The second-order valence-electron chi connectivity index (χ2n) is 4.50. The van der Waals surface area contributed by atoms with E-state index in [-0.39, 0.29) is 11.7 Å². The van der Waals surface area contributed by atoms with Gasteiger partial charge in [-0.15, -0.1) is 0 Å². The van der Waals surface area contributed by atoms with Crippen LogP contribution in [0.1, 0.15) is 5.56 Å². The number of amides is 1. The molecular weight excluding hydrogens is 304 g/mol. The molecule has 2 aromatic carbocycles. The largest absolute Gasteiger partial charge is 0.497 e. The number of methoxy groups -OCH3 is 1. The van der Waals surface area contributed by atoms with Crippen molar-refractivity contribution < 1.29 is 23.0 Å². The smallest absolute Gasteiger partial charge is 0.387 e. The van der Waals surface area contributed by atoms with E-state index in [1.54, 1.807) is 25.3 Å². The van der Waals surface area contributed by atoms with Crippen LogP contribution in [0.4, 0.5) is 14.5 Å². The van der Waals surface area contributed by atoms with Crippen LogP contribution in [0.5, 0.6) is 11.5 Å². The van der Waals surface area contributed by atoms with Gasteiger partial charge in [0.2, 0.25) is 5.91 Å². The molecule has 0 aliphatic carbocycles. The van der Waals surface area contributed by atoms with Crippen LogP contribution in [0.15, 0.2) is 54.6 Å². The maximum Gasteiger partial charge on any atom is 0.387 e. The third-order valence-corrected chi connectivity index (χ3v) is 2.89. The molecule has 2 rings (SSSR count). The minimum atomic E-state index is -2.87. The highest BCUT2D eigenvalue weighted by Crippen LogP contribution is 2.18. The molecule has 0 spiro atoms. The monoisotopic (exact) mass is 319 g/mol. The van der Waals surface area contributed by atoms with Crippen molar-refractivity contribution in [3.05, 3.63) is 60.2 Å². The van der Waals surface area contributed by atoms with Crippen LogP contribution in [0.2, 0.25) is 0 Å². The van der Waals surface area contributed by atoms with Crippen molar-refractivity contribution in [3.8, 4) is 11.5 Å². The Morgan fingerprint density at radius 3 is 2.22 bits per heavy atom. The summed E-state index contributed by atoms with van der Waals surface area (Å²) in [4.78, 5) is 11.8. The third-order valence-electron chi connectivity index (χ3n) is 2.89. The summed E-state index contributed by atoms with van der Waals surface area (Å²) in [5.74, 6) is 0.438. The normalized spacial score (nSPS) is 10.8. The van der Waals surface area contributed by atoms with E-state index in [1.807, 2.05) is 12.1 Å². The topological polar surface area (TPSA) is 47.6 Å². The van der Waals surface area contributed by atoms with Crippen LogP contribution in [-0.2, 0) is 4.79 Å². The molecular formula is C17H15F2NO3. The van der Waals surface area contributed by atoms with E-state index >= 15 is 0 Å². The van der Waals surface area contributed by atoms with Crippen LogP contribution in [0.3, 0.4) is 0 Å². The number of carbonyl (C=O) groups is 1. The Balaban J connectivity index is 1.91. The average Bonchev–Trinajstić information content (AvgIpc) is 2.55. The Labute approximate surface area is 132 Å². The first-order valence-electron chi connectivity index (χ1n) is 6.75. The first-order valence-corrected chi connectivity index (χ1v) is 6.75. The van der Waals surface area contributed by atoms with Gasteiger partial charge < -0.3 is 14.8 Å². The number of hydrogen-bond acceptors (Lipinski definition) is 3. The van der Waals surface area contributed by atoms with Gasteiger partial charge in [0.1, 0.15) is 11.5 Å². The van der Waals surface area contributed by atoms with Crippen LogP contribution >= 0.6 is 0 Å². The summed E-state index contributed by atoms with van der Waals surface area (Å²) in [6.07, 6.45) is 3.04. The molecule has 120 valence electrons. The van der Waals surface area contributed by atoms with E-state index in [0.717, 1.165) is 11.3 Å². The number of anilines is 1. The van der Waals surface area contributed by atoms with Crippen LogP contribution < -0.4 is 14.8 Å². The molecule has 0 radical (unpaired) electrons. The lowest BCUT2D eigenvalue weighted by Gasteiger charge is -2.06. The highest BCUT2D eigenvalue weighted by Gasteiger charge is 2.04. The van der Waals surface area contributed by atoms with E-state index in [0.29, 0.717) is 5.69 Å². The average molecular weight is 319 g/mol. The predicted molar refractivity (Wildman–Crippen MR) is 83.7 cm³/mol. The van der Waals surface area contributed by atoms with E-state index in [4.69, 9.17) is 4.74 Å². The number of ether oxygens (including phenoxy) is 2. The van der Waals surface area contributed by atoms with Crippen molar-refractivity contribution in [1.82, 2.24) is 0 Å². The van der Waals surface area contributed by atoms with Gasteiger partial charge in [0.25, 0.3) is 0 Å². The molecule has 0 heterocycles. The van der Waals surface area contributed by atoms with Crippen LogP contribution in [-0.4, -0.2) is 19.6 Å². The molecule has 0 saturated carbocycles. The quantitative estimate of drug-likeness (QED) is 0.820. The minimum absolute atomic E-state index is 0.0340. The highest BCUT2D eigenvalue weighted by molar-refractivity contribution is 6.01. The van der Waals surface area contributed by atoms with Gasteiger partial charge >= 0.3 is 6.61 Å². The molecule has 6 heteroatoms. The standard InChI is InChI=1S/C17H15F2NO3/c1-22-14-7-2-12(3-8-14)4-11-16(21)20-13-5-9-15(10-6-13)23-17(18)19/h2-11,17H,1H3,(H,20,21)/b11-4+. The molecule has 0 unspecified atom stereocenters. The summed E-state index contributed by atoms with van der Waals surface area (Å²) >= 11 is 0. The molecule has 4 nitrogen and oxygen atoms in total. The minimum Gasteiger partial charge on any atom is -0.497 e. The number of halogens is 2. The maximum absolute atomic E-state index is 12.0. The summed E-state index contributed by atoms with van der Waals surface area (Å²) in [6, 6.07) is 12.9. The number of nitrogens with one attached hydrogen (secondary N) is 1. The van der Waals surface area contributed by atoms with Gasteiger partial charge in [0.05, 0.1) is 7.11 Å². The summed E-state index contributed by atoms with van der Waals surface area (Å²) in [7, 11) is 1.58. The fraction of sp³-hybridized carbons (Fsp3) is 0.118. The van der Waals surface area contributed by atoms with Gasteiger partial charge in [0, 0.05) is 11.8 Å². The van der Waals surface area contributed by atoms with Gasteiger partial charge in [-0.3, -0.25) is 4.79 Å². The van der Waals surface area contributed by atoms with E-state index in [1.165, 1.54) is 30.3 Å². The SMILES string of the molecule is COc1ccc(/C=C/C(=O)Nc2ccc(OC(F)F)cc2)cc1. The van der Waals surface area contributed by atoms with Crippen LogP contribution in [0, 0.1) is 0 Å². The molecule has 0 aliphatic rings. The Hall–Kier alpha value is -2.89. The number of carbonyl (C=O) groups excluding carboxylic acids is 1. The molecule has 1 N–H and O–H groups in total. The van der Waals surface area contributed by atoms with Gasteiger partial charge in [0.15, 0.2) is 0 Å². The zero-order valence-electron chi connectivity index (χ0n) is 12.3. The Bertz CT molecular complexity index is 667. The van der Waals surface area contributed by atoms with Crippen molar-refractivity contribution in [2.24, 2.45) is 0 Å². The van der Waals surface area contributed by atoms with Gasteiger partial charge in [-0.25, -0.2) is 0 Å². The Morgan fingerprint density at radius 1 is 1.04 bits per heavy atom. The second-order valence-corrected chi connectivity index (χ2v) is 4.50. The molecule has 0 fully saturated rings. The number of benzene rings is 2. The van der Waals surface area contributed by atoms with Crippen molar-refractivity contribution in [1.29, 1.82) is 0 Å². The summed E-state index contributed by atoms with van der Waals surface area (Å²) in [5, 5.41) is 2.62. The molecule has 0 bridgehead atoms. The van der Waals surface area contributed by atoms with E-state index < -0.39 is 6.61 Å². The van der Waals surface area contributed by atoms with Gasteiger partial charge in [-0.2, -0.15) is 8.78 Å². The molecule has 2 aromatic rings. The fourth-order valence-electron chi connectivity index (χ4n) is 1.79. The lowest BCUT2D eigenvalue weighted by molar-refractivity contribution is -0.111. The van der Waals surface area contributed by atoms with E-state index in [9.17, 15) is 13.6 Å². The lowest BCUT2D eigenvalue weighted by Crippen LogP contribution is -2.08. The number of hydrogen-bond donors (Lipinski definition) is 1. The first-order chi connectivity index (χ1) is 11.1. The van der Waals surface area contributed by atoms with Gasteiger partial charge in [-0.1, -0.05) is 12.1 Å². The third kappa shape index (κ3) is 5.43. The second kappa shape index (κ2) is 7.93. The predicted octanol–water partition coefficient (Wildman–Crippen LogP) is 3.95. The van der Waals surface area contributed by atoms with Crippen molar-refractivity contribution in [2.75, 3.05) is 12.4 Å². The molecule has 0 aromatic heterocycles. The van der Waals surface area contributed by atoms with E-state index in [2.05, 4.69) is 10.1 Å². The van der Waals surface area contributed by atoms with Crippen molar-refractivity contribution in [2.45, 2.75) is 6.61 Å².